The summed E-state index contributed by atoms with van der Waals surface area (Å²) >= 11 is 1.64. The van der Waals surface area contributed by atoms with E-state index in [0.717, 1.165) is 59.0 Å². The van der Waals surface area contributed by atoms with Gasteiger partial charge >= 0.3 is 0 Å². The normalized spacial score (nSPS) is 17.4. The van der Waals surface area contributed by atoms with Crippen LogP contribution in [0.15, 0.2) is 34.3 Å². The molecule has 8 heteroatoms. The van der Waals surface area contributed by atoms with E-state index in [2.05, 4.69) is 53.6 Å². The second-order valence-electron chi connectivity index (χ2n) is 9.98. The highest BCUT2D eigenvalue weighted by molar-refractivity contribution is 7.13. The van der Waals surface area contributed by atoms with Crippen LogP contribution < -0.4 is 5.32 Å². The van der Waals surface area contributed by atoms with E-state index in [0.29, 0.717) is 19.0 Å². The first kappa shape index (κ1) is 29.6. The molecule has 2 atom stereocenters. The number of carbonyl (C=O) groups is 2. The number of hydrogen-bond donors (Lipinski definition) is 1. The van der Waals surface area contributed by atoms with Gasteiger partial charge in [0.05, 0.1) is 21.8 Å². The lowest BCUT2D eigenvalue weighted by molar-refractivity contribution is -0.131. The van der Waals surface area contributed by atoms with Gasteiger partial charge in [-0.05, 0) is 69.1 Å². The monoisotopic (exact) mass is 538 g/mol. The average Bonchev–Trinajstić information content (AvgIpc) is 3.64. The highest BCUT2D eigenvalue weighted by Gasteiger charge is 2.29. The van der Waals surface area contributed by atoms with Gasteiger partial charge in [0.25, 0.3) is 0 Å². The van der Waals surface area contributed by atoms with Gasteiger partial charge in [0, 0.05) is 25.1 Å². The van der Waals surface area contributed by atoms with Crippen molar-refractivity contribution in [1.29, 1.82) is 0 Å². The second kappa shape index (κ2) is 14.2. The Kier molecular flexibility index (Phi) is 11.1. The van der Waals surface area contributed by atoms with E-state index in [1.165, 1.54) is 24.1 Å². The summed E-state index contributed by atoms with van der Waals surface area (Å²) in [7, 11) is 0. The molecule has 0 spiro atoms. The van der Waals surface area contributed by atoms with Gasteiger partial charge < -0.3 is 14.7 Å². The minimum Gasteiger partial charge on any atom is -0.361 e. The Labute approximate surface area is 231 Å². The quantitative estimate of drug-likeness (QED) is 0.343. The number of nitrogens with one attached hydrogen (secondary N) is 1. The van der Waals surface area contributed by atoms with E-state index in [1.54, 1.807) is 16.2 Å². The lowest BCUT2D eigenvalue weighted by atomic mass is 9.76. The van der Waals surface area contributed by atoms with Gasteiger partial charge in [0.1, 0.15) is 11.8 Å². The molecule has 7 nitrogen and oxygen atoms in total. The summed E-state index contributed by atoms with van der Waals surface area (Å²) in [6, 6.07) is 8.00. The maximum atomic E-state index is 12.3. The lowest BCUT2D eigenvalue weighted by Gasteiger charge is -2.29. The molecule has 1 aliphatic carbocycles. The fourth-order valence-electron chi connectivity index (χ4n) is 4.88. The van der Waals surface area contributed by atoms with Crippen LogP contribution in [0.3, 0.4) is 0 Å². The molecule has 2 unspecified atom stereocenters. The van der Waals surface area contributed by atoms with Crippen molar-refractivity contribution < 1.29 is 14.1 Å². The molecule has 38 heavy (non-hydrogen) atoms. The van der Waals surface area contributed by atoms with Crippen molar-refractivity contribution in [3.8, 4) is 10.4 Å². The van der Waals surface area contributed by atoms with Crippen molar-refractivity contribution in [3.05, 3.63) is 58.1 Å². The first-order valence-corrected chi connectivity index (χ1v) is 14.7. The minimum absolute atomic E-state index is 0.0682. The number of likely N-dealkylation sites (tertiary alicyclic amines) is 1. The topological polar surface area (TPSA) is 88.3 Å². The average molecular weight is 539 g/mol. The van der Waals surface area contributed by atoms with Crippen molar-refractivity contribution in [2.45, 2.75) is 92.2 Å². The van der Waals surface area contributed by atoms with Gasteiger partial charge in [-0.25, -0.2) is 4.98 Å². The number of nitrogens with zero attached hydrogens (tertiary/aromatic N) is 3. The Balaban J connectivity index is 0.000000238. The van der Waals surface area contributed by atoms with Gasteiger partial charge in [-0.15, -0.1) is 11.3 Å². The number of carbonyl (C=O) groups excluding carboxylic acids is 2. The van der Waals surface area contributed by atoms with E-state index >= 15 is 0 Å². The van der Waals surface area contributed by atoms with Crippen LogP contribution in [0.4, 0.5) is 0 Å². The van der Waals surface area contributed by atoms with Crippen molar-refractivity contribution in [1.82, 2.24) is 20.4 Å². The molecule has 3 heterocycles. The van der Waals surface area contributed by atoms with E-state index in [9.17, 15) is 9.59 Å². The molecule has 0 bridgehead atoms. The summed E-state index contributed by atoms with van der Waals surface area (Å²) < 4.78 is 5.23. The standard InChI is InChI=1S/C18H21N3O2S.C10H15NO.C2H6/c1-12-8-14(17-13(2)20-10-24-17)5-6-15(12)9-19-18(23)16-4-3-7-21(16)11-22;1-7-6-10(12-11-7)8(2)9-4-3-5-9;1-2/h5-6,8,10-11,16H,3-4,7,9H2,1-2H3,(H,19,23);6,8-9H,3-5H2,1-2H3;1-2H3. The lowest BCUT2D eigenvalue weighted by Crippen LogP contribution is -2.42. The number of amides is 2. The summed E-state index contributed by atoms with van der Waals surface area (Å²) in [4.78, 5) is 30.3. The molecule has 2 amide bonds. The van der Waals surface area contributed by atoms with E-state index in [4.69, 9.17) is 4.52 Å². The first-order valence-electron chi connectivity index (χ1n) is 13.8. The SMILES string of the molecule is CC.Cc1cc(-c2scnc2C)ccc1CNC(=O)C1CCCN1C=O.Cc1cc(C(C)C2CCC2)on1. The molecule has 1 aliphatic heterocycles. The summed E-state index contributed by atoms with van der Waals surface area (Å²) in [5.74, 6) is 2.41. The smallest absolute Gasteiger partial charge is 0.243 e. The highest BCUT2D eigenvalue weighted by Crippen LogP contribution is 2.39. The van der Waals surface area contributed by atoms with Crippen LogP contribution in [0.25, 0.3) is 10.4 Å². The van der Waals surface area contributed by atoms with Crippen LogP contribution in [0.1, 0.15) is 87.1 Å². The number of aromatic nitrogens is 2. The third kappa shape index (κ3) is 7.31. The zero-order chi connectivity index (χ0) is 27.7. The Bertz CT molecular complexity index is 1180. The molecular formula is C30H42N4O3S. The Morgan fingerprint density at radius 2 is 1.95 bits per heavy atom. The molecular weight excluding hydrogens is 496 g/mol. The summed E-state index contributed by atoms with van der Waals surface area (Å²) in [5.41, 5.74) is 7.27. The van der Waals surface area contributed by atoms with Crippen molar-refractivity contribution >= 4 is 23.7 Å². The van der Waals surface area contributed by atoms with Gasteiger partial charge in [-0.3, -0.25) is 9.59 Å². The summed E-state index contributed by atoms with van der Waals surface area (Å²) in [6.07, 6.45) is 6.52. The Morgan fingerprint density at radius 1 is 1.18 bits per heavy atom. The fraction of sp³-hybridized carbons (Fsp3) is 0.533. The zero-order valence-electron chi connectivity index (χ0n) is 23.6. The number of rotatable bonds is 7. The third-order valence-corrected chi connectivity index (χ3v) is 8.47. The van der Waals surface area contributed by atoms with Crippen LogP contribution in [0, 0.1) is 26.7 Å². The predicted molar refractivity (Wildman–Crippen MR) is 153 cm³/mol. The van der Waals surface area contributed by atoms with Crippen LogP contribution in [-0.2, 0) is 16.1 Å². The molecule has 2 aromatic heterocycles. The maximum absolute atomic E-state index is 12.3. The molecule has 2 aliphatic rings. The molecule has 3 aromatic rings. The van der Waals surface area contributed by atoms with Crippen molar-refractivity contribution in [2.75, 3.05) is 6.54 Å². The highest BCUT2D eigenvalue weighted by atomic mass is 32.1. The van der Waals surface area contributed by atoms with Crippen LogP contribution in [-0.4, -0.2) is 39.9 Å². The molecule has 206 valence electrons. The van der Waals surface area contributed by atoms with E-state index < -0.39 is 0 Å². The molecule has 2 fully saturated rings. The van der Waals surface area contributed by atoms with Crippen molar-refractivity contribution in [2.24, 2.45) is 5.92 Å². The molecule has 1 aromatic carbocycles. The predicted octanol–water partition coefficient (Wildman–Crippen LogP) is 6.58. The summed E-state index contributed by atoms with van der Waals surface area (Å²) in [5, 5.41) is 6.87. The van der Waals surface area contributed by atoms with Gasteiger partial charge in [0.2, 0.25) is 12.3 Å². The fourth-order valence-corrected chi connectivity index (χ4v) is 5.68. The van der Waals surface area contributed by atoms with E-state index in [1.807, 2.05) is 33.2 Å². The maximum Gasteiger partial charge on any atom is 0.243 e. The van der Waals surface area contributed by atoms with Gasteiger partial charge in [0.15, 0.2) is 0 Å². The number of benzene rings is 1. The van der Waals surface area contributed by atoms with Gasteiger partial charge in [-0.1, -0.05) is 50.5 Å². The third-order valence-electron chi connectivity index (χ3n) is 7.49. The molecule has 1 saturated carbocycles. The number of hydrogen-bond acceptors (Lipinski definition) is 6. The Morgan fingerprint density at radius 3 is 2.50 bits per heavy atom. The van der Waals surface area contributed by atoms with Crippen LogP contribution in [0.5, 0.6) is 0 Å². The summed E-state index contributed by atoms with van der Waals surface area (Å²) in [6.45, 7) is 13.4. The van der Waals surface area contributed by atoms with Crippen LogP contribution >= 0.6 is 11.3 Å². The first-order chi connectivity index (χ1) is 18.4. The van der Waals surface area contributed by atoms with Crippen molar-refractivity contribution in [3.63, 3.8) is 0 Å². The second-order valence-corrected chi connectivity index (χ2v) is 10.8. The van der Waals surface area contributed by atoms with Gasteiger partial charge in [-0.2, -0.15) is 0 Å². The molecule has 1 N–H and O–H groups in total. The minimum atomic E-state index is -0.318. The number of aryl methyl sites for hydroxylation is 3. The molecule has 5 rings (SSSR count). The zero-order valence-corrected chi connectivity index (χ0v) is 24.4. The number of thiazole rings is 1. The molecule has 0 radical (unpaired) electrons. The van der Waals surface area contributed by atoms with E-state index in [-0.39, 0.29) is 11.9 Å². The molecule has 1 saturated heterocycles. The van der Waals surface area contributed by atoms with Crippen LogP contribution in [0.2, 0.25) is 0 Å². The Hall–Kier alpha value is -3.00. The largest absolute Gasteiger partial charge is 0.361 e.